The van der Waals surface area contributed by atoms with Gasteiger partial charge in [0.25, 0.3) is 5.69 Å². The fraction of sp³-hybridized carbons (Fsp3) is 0.143. The molecule has 0 spiro atoms. The maximum absolute atomic E-state index is 13.0. The maximum Gasteiger partial charge on any atom is 0.299 e. The fourth-order valence-corrected chi connectivity index (χ4v) is 2.13. The summed E-state index contributed by atoms with van der Waals surface area (Å²) >= 11 is 4.02. The third-order valence-electron chi connectivity index (χ3n) is 1.42. The molecule has 1 aromatic carbocycles. The Morgan fingerprint density at radius 1 is 1.62 bits per heavy atom. The van der Waals surface area contributed by atoms with Crippen molar-refractivity contribution in [3.05, 3.63) is 32.5 Å². The third kappa shape index (κ3) is 2.00. The number of rotatable bonds is 2. The molecule has 0 bridgehead atoms. The van der Waals surface area contributed by atoms with E-state index in [2.05, 4.69) is 15.9 Å². The molecular weight excluding hydrogens is 261 g/mol. The lowest BCUT2D eigenvalue weighted by Crippen LogP contribution is -1.94. The van der Waals surface area contributed by atoms with Gasteiger partial charge in [0.15, 0.2) is 0 Å². The van der Waals surface area contributed by atoms with Crippen molar-refractivity contribution < 1.29 is 9.31 Å². The van der Waals surface area contributed by atoms with Crippen molar-refractivity contribution in [3.8, 4) is 0 Å². The van der Waals surface area contributed by atoms with Crippen LogP contribution in [0.25, 0.3) is 0 Å². The molecule has 0 atom stereocenters. The van der Waals surface area contributed by atoms with Crippen LogP contribution in [-0.4, -0.2) is 11.2 Å². The van der Waals surface area contributed by atoms with Gasteiger partial charge in [-0.2, -0.15) is 0 Å². The van der Waals surface area contributed by atoms with Crippen LogP contribution < -0.4 is 0 Å². The van der Waals surface area contributed by atoms with Crippen molar-refractivity contribution in [2.75, 3.05) is 6.26 Å². The lowest BCUT2D eigenvalue weighted by atomic mass is 10.3. The summed E-state index contributed by atoms with van der Waals surface area (Å²) in [5.41, 5.74) is -0.215. The molecule has 70 valence electrons. The van der Waals surface area contributed by atoms with Gasteiger partial charge in [-0.3, -0.25) is 10.1 Å². The zero-order valence-electron chi connectivity index (χ0n) is 6.58. The average Bonchev–Trinajstić information content (AvgIpc) is 2.07. The van der Waals surface area contributed by atoms with Crippen molar-refractivity contribution in [3.63, 3.8) is 0 Å². The van der Waals surface area contributed by atoms with Gasteiger partial charge in [-0.05, 0) is 34.3 Å². The second kappa shape index (κ2) is 4.06. The van der Waals surface area contributed by atoms with E-state index in [0.717, 1.165) is 11.8 Å². The van der Waals surface area contributed by atoms with E-state index in [1.165, 1.54) is 12.1 Å². The molecule has 1 rings (SSSR count). The molecule has 0 heterocycles. The van der Waals surface area contributed by atoms with E-state index in [4.69, 9.17) is 0 Å². The summed E-state index contributed by atoms with van der Waals surface area (Å²) in [6, 6.07) is 2.52. The average molecular weight is 266 g/mol. The van der Waals surface area contributed by atoms with Gasteiger partial charge in [0, 0.05) is 0 Å². The molecule has 13 heavy (non-hydrogen) atoms. The Labute approximate surface area is 86.6 Å². The summed E-state index contributed by atoms with van der Waals surface area (Å²) in [5.74, 6) is -0.567. The van der Waals surface area contributed by atoms with Crippen molar-refractivity contribution in [1.82, 2.24) is 0 Å². The van der Waals surface area contributed by atoms with Crippen LogP contribution in [0.1, 0.15) is 0 Å². The van der Waals surface area contributed by atoms with E-state index in [0.29, 0.717) is 4.47 Å². The molecule has 0 saturated heterocycles. The van der Waals surface area contributed by atoms with Crippen LogP contribution in [0.4, 0.5) is 10.1 Å². The van der Waals surface area contributed by atoms with Crippen molar-refractivity contribution in [2.45, 2.75) is 4.90 Å². The smallest absolute Gasteiger partial charge is 0.258 e. The SMILES string of the molecule is CSc1c(F)ccc(Br)c1[N+](=O)[O-]. The Morgan fingerprint density at radius 3 is 2.62 bits per heavy atom. The van der Waals surface area contributed by atoms with Gasteiger partial charge in [-0.1, -0.05) is 0 Å². The molecule has 0 fully saturated rings. The number of nitro benzene ring substituents is 1. The van der Waals surface area contributed by atoms with Gasteiger partial charge in [0.05, 0.1) is 9.40 Å². The van der Waals surface area contributed by atoms with Crippen LogP contribution in [0, 0.1) is 15.9 Å². The summed E-state index contributed by atoms with van der Waals surface area (Å²) < 4.78 is 13.3. The number of nitrogens with zero attached hydrogens (tertiary/aromatic N) is 1. The highest BCUT2D eigenvalue weighted by Gasteiger charge is 2.21. The monoisotopic (exact) mass is 265 g/mol. The number of thioether (sulfide) groups is 1. The van der Waals surface area contributed by atoms with Crippen LogP contribution >= 0.6 is 27.7 Å². The molecule has 0 aliphatic carbocycles. The van der Waals surface area contributed by atoms with E-state index in [1.54, 1.807) is 6.26 Å². The minimum absolute atomic E-state index is 0.0550. The van der Waals surface area contributed by atoms with Crippen LogP contribution in [0.3, 0.4) is 0 Å². The number of benzene rings is 1. The molecule has 0 aliphatic rings. The van der Waals surface area contributed by atoms with E-state index in [-0.39, 0.29) is 10.6 Å². The Bertz CT molecular complexity index is 359. The zero-order valence-corrected chi connectivity index (χ0v) is 8.99. The van der Waals surface area contributed by atoms with Crippen molar-refractivity contribution in [2.24, 2.45) is 0 Å². The number of hydrogen-bond donors (Lipinski definition) is 0. The quantitative estimate of drug-likeness (QED) is 0.469. The van der Waals surface area contributed by atoms with Gasteiger partial charge in [0.1, 0.15) is 10.7 Å². The number of hydrogen-bond acceptors (Lipinski definition) is 3. The standard InChI is InChI=1S/C7H5BrFNO2S/c1-13-7-5(9)3-2-4(8)6(7)10(11)12/h2-3H,1H3. The Morgan fingerprint density at radius 2 is 2.23 bits per heavy atom. The molecule has 0 aromatic heterocycles. The van der Waals surface area contributed by atoms with Crippen LogP contribution in [0.2, 0.25) is 0 Å². The molecule has 1 aromatic rings. The van der Waals surface area contributed by atoms with Crippen LogP contribution in [-0.2, 0) is 0 Å². The van der Waals surface area contributed by atoms with Gasteiger partial charge >= 0.3 is 0 Å². The molecule has 0 unspecified atom stereocenters. The molecule has 0 N–H and O–H groups in total. The van der Waals surface area contributed by atoms with E-state index in [1.807, 2.05) is 0 Å². The number of halogens is 2. The first-order chi connectivity index (χ1) is 6.07. The van der Waals surface area contributed by atoms with Gasteiger partial charge < -0.3 is 0 Å². The number of nitro groups is 1. The highest BCUT2D eigenvalue weighted by Crippen LogP contribution is 2.36. The minimum atomic E-state index is -0.598. The molecular formula is C7H5BrFNO2S. The normalized spacial score (nSPS) is 10.1. The first kappa shape index (κ1) is 10.5. The first-order valence-electron chi connectivity index (χ1n) is 3.24. The summed E-state index contributed by atoms with van der Waals surface area (Å²) in [4.78, 5) is 10.0. The summed E-state index contributed by atoms with van der Waals surface area (Å²) in [6.45, 7) is 0. The van der Waals surface area contributed by atoms with Gasteiger partial charge in [-0.15, -0.1) is 11.8 Å². The second-order valence-corrected chi connectivity index (χ2v) is 3.84. The summed E-state index contributed by atoms with van der Waals surface area (Å²) in [7, 11) is 0. The minimum Gasteiger partial charge on any atom is -0.258 e. The first-order valence-corrected chi connectivity index (χ1v) is 5.26. The maximum atomic E-state index is 13.0. The van der Waals surface area contributed by atoms with E-state index < -0.39 is 10.7 Å². The molecule has 3 nitrogen and oxygen atoms in total. The summed E-state index contributed by atoms with van der Waals surface area (Å²) in [5, 5.41) is 10.5. The molecule has 6 heteroatoms. The van der Waals surface area contributed by atoms with Crippen LogP contribution in [0.15, 0.2) is 21.5 Å². The molecule has 0 aliphatic heterocycles. The Kier molecular flexibility index (Phi) is 3.27. The fourth-order valence-electron chi connectivity index (χ4n) is 0.887. The molecule has 0 radical (unpaired) electrons. The van der Waals surface area contributed by atoms with Crippen molar-refractivity contribution in [1.29, 1.82) is 0 Å². The highest BCUT2D eigenvalue weighted by molar-refractivity contribution is 9.10. The second-order valence-electron chi connectivity index (χ2n) is 2.17. The predicted octanol–water partition coefficient (Wildman–Crippen LogP) is 3.22. The molecule has 0 amide bonds. The largest absolute Gasteiger partial charge is 0.299 e. The van der Waals surface area contributed by atoms with E-state index in [9.17, 15) is 14.5 Å². The van der Waals surface area contributed by atoms with Crippen LogP contribution in [0.5, 0.6) is 0 Å². The van der Waals surface area contributed by atoms with Crippen molar-refractivity contribution >= 4 is 33.4 Å². The Balaban J connectivity index is 3.43. The lowest BCUT2D eigenvalue weighted by Gasteiger charge is -2.01. The molecule has 0 saturated carbocycles. The third-order valence-corrected chi connectivity index (χ3v) is 2.86. The highest BCUT2D eigenvalue weighted by atomic mass is 79.9. The van der Waals surface area contributed by atoms with Gasteiger partial charge in [0.2, 0.25) is 0 Å². The zero-order chi connectivity index (χ0) is 10.0. The lowest BCUT2D eigenvalue weighted by molar-refractivity contribution is -0.388. The summed E-state index contributed by atoms with van der Waals surface area (Å²) in [6.07, 6.45) is 1.60. The Hall–Kier alpha value is -0.620. The predicted molar refractivity (Wildman–Crippen MR) is 52.5 cm³/mol. The van der Waals surface area contributed by atoms with Gasteiger partial charge in [-0.25, -0.2) is 4.39 Å². The topological polar surface area (TPSA) is 43.1 Å². The van der Waals surface area contributed by atoms with E-state index >= 15 is 0 Å².